The van der Waals surface area contributed by atoms with Crippen molar-refractivity contribution >= 4 is 28.9 Å². The summed E-state index contributed by atoms with van der Waals surface area (Å²) in [6.07, 6.45) is -2.51. The molecule has 0 aliphatic heterocycles. The van der Waals surface area contributed by atoms with E-state index < -0.39 is 22.9 Å². The molecule has 1 heterocycles. The average molecular weight is 271 g/mol. The van der Waals surface area contributed by atoms with E-state index in [1.54, 1.807) is 0 Å². The summed E-state index contributed by atoms with van der Waals surface area (Å²) in [6, 6.07) is 2.34. The average Bonchev–Trinajstić information content (AvgIpc) is 2.64. The number of alkyl halides is 2. The summed E-state index contributed by atoms with van der Waals surface area (Å²) >= 11 is 6.11. The van der Waals surface area contributed by atoms with E-state index in [-0.39, 0.29) is 10.9 Å². The molecule has 1 N–H and O–H groups in total. The number of esters is 1. The highest BCUT2D eigenvalue weighted by Gasteiger charge is 2.47. The lowest BCUT2D eigenvalue weighted by Crippen LogP contribution is -2.38. The van der Waals surface area contributed by atoms with Gasteiger partial charge >= 0.3 is 11.9 Å². The van der Waals surface area contributed by atoms with Gasteiger partial charge in [0.1, 0.15) is 0 Å². The highest BCUT2D eigenvalue weighted by molar-refractivity contribution is 7.16. The Morgan fingerprint density at radius 3 is 2.75 bits per heavy atom. The SMILES string of the molecule is CCOC(=O)C(O)C(F)(F)c1ccc(Cl)s1. The molecule has 0 aliphatic rings. The molecule has 0 radical (unpaired) electrons. The smallest absolute Gasteiger partial charge is 0.341 e. The second kappa shape index (κ2) is 5.07. The number of ether oxygens (including phenoxy) is 1. The van der Waals surface area contributed by atoms with E-state index in [1.165, 1.54) is 13.0 Å². The van der Waals surface area contributed by atoms with Crippen LogP contribution >= 0.6 is 22.9 Å². The zero-order valence-corrected chi connectivity index (χ0v) is 9.82. The van der Waals surface area contributed by atoms with Gasteiger partial charge in [0, 0.05) is 0 Å². The molecule has 0 spiro atoms. The molecule has 16 heavy (non-hydrogen) atoms. The summed E-state index contributed by atoms with van der Waals surface area (Å²) in [5, 5.41) is 9.18. The van der Waals surface area contributed by atoms with E-state index >= 15 is 0 Å². The summed E-state index contributed by atoms with van der Waals surface area (Å²) < 4.78 is 31.6. The summed E-state index contributed by atoms with van der Waals surface area (Å²) in [7, 11) is 0. The Morgan fingerprint density at radius 2 is 2.31 bits per heavy atom. The standard InChI is InChI=1S/C9H9ClF2O3S/c1-2-15-8(14)7(13)9(11,12)5-3-4-6(10)16-5/h3-4,7,13H,2H2,1H3. The third kappa shape index (κ3) is 2.69. The van der Waals surface area contributed by atoms with Gasteiger partial charge < -0.3 is 9.84 Å². The van der Waals surface area contributed by atoms with Crippen LogP contribution in [0.4, 0.5) is 8.78 Å². The molecule has 0 bridgehead atoms. The number of aliphatic hydroxyl groups excluding tert-OH is 1. The fraction of sp³-hybridized carbons (Fsp3) is 0.444. The molecule has 0 aromatic carbocycles. The molecule has 0 saturated carbocycles. The second-order valence-electron chi connectivity index (χ2n) is 2.88. The minimum Gasteiger partial charge on any atom is -0.464 e. The number of hydrogen-bond donors (Lipinski definition) is 1. The van der Waals surface area contributed by atoms with Gasteiger partial charge in [-0.1, -0.05) is 11.6 Å². The van der Waals surface area contributed by atoms with E-state index in [4.69, 9.17) is 11.6 Å². The van der Waals surface area contributed by atoms with Gasteiger partial charge in [-0.25, -0.2) is 4.79 Å². The molecule has 7 heteroatoms. The molecular weight excluding hydrogens is 262 g/mol. The van der Waals surface area contributed by atoms with Crippen LogP contribution in [-0.4, -0.2) is 23.8 Å². The van der Waals surface area contributed by atoms with Gasteiger partial charge in [-0.15, -0.1) is 11.3 Å². The van der Waals surface area contributed by atoms with Crippen LogP contribution in [0.25, 0.3) is 0 Å². The topological polar surface area (TPSA) is 46.5 Å². The number of aliphatic hydroxyl groups is 1. The third-order valence-corrected chi connectivity index (χ3v) is 3.07. The minimum atomic E-state index is -3.69. The quantitative estimate of drug-likeness (QED) is 0.855. The first-order valence-corrected chi connectivity index (χ1v) is 5.57. The van der Waals surface area contributed by atoms with Crippen molar-refractivity contribution in [2.45, 2.75) is 19.0 Å². The van der Waals surface area contributed by atoms with Crippen molar-refractivity contribution in [3.8, 4) is 0 Å². The van der Waals surface area contributed by atoms with Crippen molar-refractivity contribution in [3.05, 3.63) is 21.3 Å². The number of rotatable bonds is 4. The molecule has 1 rings (SSSR count). The molecule has 0 aliphatic carbocycles. The van der Waals surface area contributed by atoms with Crippen molar-refractivity contribution in [1.29, 1.82) is 0 Å². The maximum absolute atomic E-state index is 13.5. The molecule has 3 nitrogen and oxygen atoms in total. The van der Waals surface area contributed by atoms with Gasteiger partial charge in [0.05, 0.1) is 15.8 Å². The zero-order chi connectivity index (χ0) is 12.3. The molecule has 1 atom stereocenters. The van der Waals surface area contributed by atoms with Gasteiger partial charge in [0.2, 0.25) is 6.10 Å². The molecule has 90 valence electrons. The zero-order valence-electron chi connectivity index (χ0n) is 8.25. The van der Waals surface area contributed by atoms with E-state index in [1.807, 2.05) is 0 Å². The molecule has 1 unspecified atom stereocenters. The molecular formula is C9H9ClF2O3S. The molecule has 1 aromatic heterocycles. The van der Waals surface area contributed by atoms with E-state index in [9.17, 15) is 18.7 Å². The Balaban J connectivity index is 2.88. The molecule has 1 aromatic rings. The molecule has 0 amide bonds. The van der Waals surface area contributed by atoms with Crippen LogP contribution < -0.4 is 0 Å². The van der Waals surface area contributed by atoms with Crippen LogP contribution in [0.15, 0.2) is 12.1 Å². The molecule has 0 fully saturated rings. The van der Waals surface area contributed by atoms with Crippen LogP contribution in [0.3, 0.4) is 0 Å². The number of carbonyl (C=O) groups excluding carboxylic acids is 1. The summed E-state index contributed by atoms with van der Waals surface area (Å²) in [4.78, 5) is 10.5. The van der Waals surface area contributed by atoms with E-state index in [0.29, 0.717) is 11.3 Å². The fourth-order valence-corrected chi connectivity index (χ4v) is 2.04. The predicted molar refractivity (Wildman–Crippen MR) is 55.9 cm³/mol. The Bertz CT molecular complexity index is 381. The van der Waals surface area contributed by atoms with Crippen LogP contribution in [-0.2, 0) is 15.5 Å². The first-order chi connectivity index (χ1) is 7.39. The number of halogens is 3. The van der Waals surface area contributed by atoms with Crippen molar-refractivity contribution in [2.75, 3.05) is 6.61 Å². The van der Waals surface area contributed by atoms with Crippen molar-refractivity contribution < 1.29 is 23.4 Å². The van der Waals surface area contributed by atoms with Crippen LogP contribution in [0.5, 0.6) is 0 Å². The first kappa shape index (κ1) is 13.3. The second-order valence-corrected chi connectivity index (χ2v) is 4.60. The monoisotopic (exact) mass is 270 g/mol. The predicted octanol–water partition coefficient (Wildman–Crippen LogP) is 2.42. The lowest BCUT2D eigenvalue weighted by atomic mass is 10.1. The lowest BCUT2D eigenvalue weighted by Gasteiger charge is -2.19. The van der Waals surface area contributed by atoms with Gasteiger partial charge in [0.25, 0.3) is 0 Å². The fourth-order valence-electron chi connectivity index (χ4n) is 0.997. The van der Waals surface area contributed by atoms with E-state index in [0.717, 1.165) is 6.07 Å². The normalized spacial score (nSPS) is 13.6. The van der Waals surface area contributed by atoms with E-state index in [2.05, 4.69) is 4.74 Å². The third-order valence-electron chi connectivity index (χ3n) is 1.75. The summed E-state index contributed by atoms with van der Waals surface area (Å²) in [5.41, 5.74) is 0. The van der Waals surface area contributed by atoms with Crippen molar-refractivity contribution in [2.24, 2.45) is 0 Å². The number of thiophene rings is 1. The maximum Gasteiger partial charge on any atom is 0.341 e. The molecule has 0 saturated heterocycles. The summed E-state index contributed by atoms with van der Waals surface area (Å²) in [6.45, 7) is 1.39. The van der Waals surface area contributed by atoms with Crippen molar-refractivity contribution in [1.82, 2.24) is 0 Å². The first-order valence-electron chi connectivity index (χ1n) is 4.38. The van der Waals surface area contributed by atoms with Crippen LogP contribution in [0.2, 0.25) is 4.34 Å². The Labute approximate surface area is 99.6 Å². The van der Waals surface area contributed by atoms with Crippen molar-refractivity contribution in [3.63, 3.8) is 0 Å². The van der Waals surface area contributed by atoms with Gasteiger partial charge in [-0.2, -0.15) is 8.78 Å². The Morgan fingerprint density at radius 1 is 1.69 bits per heavy atom. The van der Waals surface area contributed by atoms with Crippen LogP contribution in [0.1, 0.15) is 11.8 Å². The lowest BCUT2D eigenvalue weighted by molar-refractivity contribution is -0.178. The van der Waals surface area contributed by atoms with Gasteiger partial charge in [-0.05, 0) is 19.1 Å². The van der Waals surface area contributed by atoms with Crippen LogP contribution in [0, 0.1) is 0 Å². The Hall–Kier alpha value is -0.720. The number of hydrogen-bond acceptors (Lipinski definition) is 4. The van der Waals surface area contributed by atoms with Gasteiger partial charge in [-0.3, -0.25) is 0 Å². The largest absolute Gasteiger partial charge is 0.464 e. The minimum absolute atomic E-state index is 0.0723. The maximum atomic E-state index is 13.5. The highest BCUT2D eigenvalue weighted by atomic mass is 35.5. The number of carbonyl (C=O) groups is 1. The highest BCUT2D eigenvalue weighted by Crippen LogP contribution is 2.38. The summed E-state index contributed by atoms with van der Waals surface area (Å²) in [5.74, 6) is -5.04. The Kier molecular flexibility index (Phi) is 4.23. The van der Waals surface area contributed by atoms with Gasteiger partial charge in [0.15, 0.2) is 0 Å².